The van der Waals surface area contributed by atoms with E-state index in [2.05, 4.69) is 4.90 Å². The topological polar surface area (TPSA) is 40.5 Å². The number of amides is 1. The molecule has 0 unspecified atom stereocenters. The van der Waals surface area contributed by atoms with Gasteiger partial charge < -0.3 is 10.0 Å². The Morgan fingerprint density at radius 2 is 1.35 bits per heavy atom. The molecular weight excluding hydrogens is 286 g/mol. The summed E-state index contributed by atoms with van der Waals surface area (Å²) in [4.78, 5) is 15.4. The normalized spacial score (nSPS) is 20.4. The number of aliphatic hydroxyl groups excluding tert-OH is 1. The van der Waals surface area contributed by atoms with E-state index in [0.717, 1.165) is 36.8 Å². The van der Waals surface area contributed by atoms with Crippen molar-refractivity contribution in [2.75, 3.05) is 0 Å². The van der Waals surface area contributed by atoms with Gasteiger partial charge in [-0.15, -0.1) is 0 Å². The maximum Gasteiger partial charge on any atom is 0.254 e. The van der Waals surface area contributed by atoms with Crippen LogP contribution in [0.5, 0.6) is 0 Å². The molecule has 2 fully saturated rings. The first-order valence-electron chi connectivity index (χ1n) is 9.32. The van der Waals surface area contributed by atoms with Crippen molar-refractivity contribution in [1.29, 1.82) is 0 Å². The molecule has 0 aromatic heterocycles. The first-order chi connectivity index (χ1) is 11.3. The van der Waals surface area contributed by atoms with Crippen molar-refractivity contribution in [3.05, 3.63) is 35.4 Å². The molecule has 2 saturated carbocycles. The van der Waals surface area contributed by atoms with Crippen LogP contribution in [0.15, 0.2) is 24.3 Å². The SMILES string of the molecule is O=C(c1ccc(CO)cc1)N(C1CCCCC1)C1CCCCC1. The second kappa shape index (κ2) is 7.96. The Bertz CT molecular complexity index is 481. The number of hydrogen-bond donors (Lipinski definition) is 1. The number of carbonyl (C=O) groups excluding carboxylic acids is 1. The first kappa shape index (κ1) is 16.5. The molecule has 0 bridgehead atoms. The largest absolute Gasteiger partial charge is 0.392 e. The summed E-state index contributed by atoms with van der Waals surface area (Å²) in [5, 5.41) is 9.19. The fraction of sp³-hybridized carbons (Fsp3) is 0.650. The second-order valence-electron chi connectivity index (χ2n) is 7.15. The zero-order valence-corrected chi connectivity index (χ0v) is 14.0. The van der Waals surface area contributed by atoms with Gasteiger partial charge in [-0.05, 0) is 43.4 Å². The molecule has 3 rings (SSSR count). The molecule has 1 N–H and O–H groups in total. The van der Waals surface area contributed by atoms with Crippen LogP contribution in [-0.2, 0) is 6.61 Å². The van der Waals surface area contributed by atoms with Crippen LogP contribution in [0.1, 0.15) is 80.1 Å². The van der Waals surface area contributed by atoms with Crippen LogP contribution in [0.4, 0.5) is 0 Å². The molecule has 0 heterocycles. The fourth-order valence-electron chi connectivity index (χ4n) is 4.25. The molecule has 2 aliphatic carbocycles. The summed E-state index contributed by atoms with van der Waals surface area (Å²) >= 11 is 0. The molecule has 0 spiro atoms. The van der Waals surface area contributed by atoms with Gasteiger partial charge in [-0.1, -0.05) is 50.7 Å². The summed E-state index contributed by atoms with van der Waals surface area (Å²) in [7, 11) is 0. The Labute approximate surface area is 139 Å². The van der Waals surface area contributed by atoms with Gasteiger partial charge in [-0.25, -0.2) is 0 Å². The van der Waals surface area contributed by atoms with Gasteiger partial charge in [0.15, 0.2) is 0 Å². The predicted octanol–water partition coefficient (Wildman–Crippen LogP) is 4.29. The average Bonchev–Trinajstić information content (AvgIpc) is 2.64. The Balaban J connectivity index is 1.81. The minimum absolute atomic E-state index is 0.0312. The average molecular weight is 315 g/mol. The molecule has 23 heavy (non-hydrogen) atoms. The molecule has 3 nitrogen and oxygen atoms in total. The quantitative estimate of drug-likeness (QED) is 0.900. The van der Waals surface area contributed by atoms with E-state index in [1.807, 2.05) is 24.3 Å². The molecule has 3 heteroatoms. The zero-order chi connectivity index (χ0) is 16.1. The van der Waals surface area contributed by atoms with Crippen molar-refractivity contribution in [2.24, 2.45) is 0 Å². The van der Waals surface area contributed by atoms with Crippen molar-refractivity contribution < 1.29 is 9.90 Å². The summed E-state index contributed by atoms with van der Waals surface area (Å²) in [6, 6.07) is 8.35. The zero-order valence-electron chi connectivity index (χ0n) is 14.0. The van der Waals surface area contributed by atoms with E-state index in [1.54, 1.807) is 0 Å². The van der Waals surface area contributed by atoms with Crippen LogP contribution in [0.2, 0.25) is 0 Å². The third kappa shape index (κ3) is 3.95. The maximum absolute atomic E-state index is 13.2. The van der Waals surface area contributed by atoms with Crippen molar-refractivity contribution in [1.82, 2.24) is 4.90 Å². The number of carbonyl (C=O) groups is 1. The lowest BCUT2D eigenvalue weighted by atomic mass is 9.88. The molecule has 1 amide bonds. The minimum atomic E-state index is 0.0312. The van der Waals surface area contributed by atoms with Gasteiger partial charge >= 0.3 is 0 Å². The highest BCUT2D eigenvalue weighted by molar-refractivity contribution is 5.94. The van der Waals surface area contributed by atoms with Crippen LogP contribution < -0.4 is 0 Å². The smallest absolute Gasteiger partial charge is 0.254 e. The van der Waals surface area contributed by atoms with Gasteiger partial charge in [0.1, 0.15) is 0 Å². The van der Waals surface area contributed by atoms with E-state index < -0.39 is 0 Å². The van der Waals surface area contributed by atoms with Gasteiger partial charge in [0.25, 0.3) is 5.91 Å². The van der Waals surface area contributed by atoms with E-state index in [-0.39, 0.29) is 12.5 Å². The number of nitrogens with zero attached hydrogens (tertiary/aromatic N) is 1. The number of rotatable bonds is 4. The van der Waals surface area contributed by atoms with Gasteiger partial charge in [-0.2, -0.15) is 0 Å². The van der Waals surface area contributed by atoms with E-state index in [9.17, 15) is 9.90 Å². The molecule has 0 aliphatic heterocycles. The summed E-state index contributed by atoms with van der Waals surface area (Å²) in [6.45, 7) is 0.0312. The molecule has 1 aromatic rings. The van der Waals surface area contributed by atoms with Crippen molar-refractivity contribution >= 4 is 5.91 Å². The second-order valence-corrected chi connectivity index (χ2v) is 7.15. The highest BCUT2D eigenvalue weighted by atomic mass is 16.3. The van der Waals surface area contributed by atoms with Crippen LogP contribution in [0.25, 0.3) is 0 Å². The summed E-state index contributed by atoms with van der Waals surface area (Å²) in [6.07, 6.45) is 12.3. The summed E-state index contributed by atoms with van der Waals surface area (Å²) in [5.41, 5.74) is 1.64. The Kier molecular flexibility index (Phi) is 5.71. The van der Waals surface area contributed by atoms with E-state index in [1.165, 1.54) is 38.5 Å². The molecule has 2 aliphatic rings. The third-order valence-electron chi connectivity index (χ3n) is 5.55. The molecule has 0 saturated heterocycles. The molecule has 1 aromatic carbocycles. The highest BCUT2D eigenvalue weighted by Crippen LogP contribution is 2.31. The van der Waals surface area contributed by atoms with Gasteiger partial charge in [0.05, 0.1) is 6.61 Å². The lowest BCUT2D eigenvalue weighted by Gasteiger charge is -2.42. The molecular formula is C20H29NO2. The lowest BCUT2D eigenvalue weighted by molar-refractivity contribution is 0.0448. The summed E-state index contributed by atoms with van der Waals surface area (Å²) in [5.74, 6) is 0.202. The van der Waals surface area contributed by atoms with E-state index in [0.29, 0.717) is 12.1 Å². The van der Waals surface area contributed by atoms with E-state index >= 15 is 0 Å². The van der Waals surface area contributed by atoms with Gasteiger partial charge in [0, 0.05) is 17.6 Å². The molecule has 0 atom stereocenters. The monoisotopic (exact) mass is 315 g/mol. The number of hydrogen-bond acceptors (Lipinski definition) is 2. The standard InChI is InChI=1S/C20H29NO2/c22-15-16-11-13-17(14-12-16)20(23)21(18-7-3-1-4-8-18)19-9-5-2-6-10-19/h11-14,18-19,22H,1-10,15H2. The van der Waals surface area contributed by atoms with Gasteiger partial charge in [0.2, 0.25) is 0 Å². The molecule has 0 radical (unpaired) electrons. The lowest BCUT2D eigenvalue weighted by Crippen LogP contribution is -2.48. The number of benzene rings is 1. The first-order valence-corrected chi connectivity index (χ1v) is 9.32. The highest BCUT2D eigenvalue weighted by Gasteiger charge is 2.32. The fourth-order valence-corrected chi connectivity index (χ4v) is 4.25. The van der Waals surface area contributed by atoms with Crippen LogP contribution in [-0.4, -0.2) is 28.0 Å². The van der Waals surface area contributed by atoms with Crippen LogP contribution >= 0.6 is 0 Å². The Morgan fingerprint density at radius 3 is 1.78 bits per heavy atom. The van der Waals surface area contributed by atoms with Crippen molar-refractivity contribution in [2.45, 2.75) is 82.9 Å². The van der Waals surface area contributed by atoms with Crippen LogP contribution in [0, 0.1) is 0 Å². The van der Waals surface area contributed by atoms with Gasteiger partial charge in [-0.3, -0.25) is 4.79 Å². The Hall–Kier alpha value is -1.35. The minimum Gasteiger partial charge on any atom is -0.392 e. The van der Waals surface area contributed by atoms with Crippen molar-refractivity contribution in [3.8, 4) is 0 Å². The molecule has 126 valence electrons. The summed E-state index contributed by atoms with van der Waals surface area (Å²) < 4.78 is 0. The maximum atomic E-state index is 13.2. The number of aliphatic hydroxyl groups is 1. The van der Waals surface area contributed by atoms with Crippen LogP contribution in [0.3, 0.4) is 0 Å². The predicted molar refractivity (Wildman–Crippen MR) is 92.3 cm³/mol. The van der Waals surface area contributed by atoms with E-state index in [4.69, 9.17) is 0 Å². The Morgan fingerprint density at radius 1 is 0.870 bits per heavy atom. The van der Waals surface area contributed by atoms with Crippen molar-refractivity contribution in [3.63, 3.8) is 0 Å². The third-order valence-corrected chi connectivity index (χ3v) is 5.55.